The zero-order chi connectivity index (χ0) is 23.4. The largest absolute Gasteiger partial charge is 0.487 e. The number of aryl methyl sites for hydroxylation is 1. The van der Waals surface area contributed by atoms with Gasteiger partial charge in [-0.25, -0.2) is 4.31 Å². The average Bonchev–Trinajstić information content (AvgIpc) is 3.67. The highest BCUT2D eigenvalue weighted by Gasteiger charge is 2.39. The molecule has 33 heavy (non-hydrogen) atoms. The van der Waals surface area contributed by atoms with Crippen LogP contribution >= 0.6 is 35.1 Å². The molecule has 2 fully saturated rings. The third-order valence-electron chi connectivity index (χ3n) is 6.38. The minimum absolute atomic E-state index is 0.134. The highest BCUT2D eigenvalue weighted by molar-refractivity contribution is 7.97. The van der Waals surface area contributed by atoms with Gasteiger partial charge in [0.1, 0.15) is 11.4 Å². The molecule has 178 valence electrons. The van der Waals surface area contributed by atoms with Crippen LogP contribution in [0.1, 0.15) is 56.6 Å². The van der Waals surface area contributed by atoms with Crippen molar-refractivity contribution >= 4 is 41.1 Å². The molecule has 1 N–H and O–H groups in total. The van der Waals surface area contributed by atoms with E-state index in [1.165, 1.54) is 24.8 Å². The number of nitrogens with zero attached hydrogens (tertiary/aromatic N) is 1. The van der Waals surface area contributed by atoms with Crippen molar-refractivity contribution in [2.45, 2.75) is 68.8 Å². The number of carboxylic acid groups (broad SMARTS) is 1. The standard InChI is InChI=1S/C23H25Cl2NO3S.C3H6/c1-15(22(27)28)12-16-2-3-17-6-7-23(29-20(17)13-16)8-10-26(11-9-23)30-21-5-4-18(24)14-19(21)25;1-2-3-1/h2-5,13-15H,6-12H2,1H3,(H,27,28);1-3H2. The Bertz CT molecular complexity index is 987. The quantitative estimate of drug-likeness (QED) is 0.430. The SMILES string of the molecule is C1CC1.CC(Cc1ccc2c(c1)OC1(CC2)CCN(Sc2ccc(Cl)cc2Cl)CC1)C(=O)O. The minimum Gasteiger partial charge on any atom is -0.487 e. The Hall–Kier alpha value is -1.40. The molecule has 1 saturated heterocycles. The number of benzene rings is 2. The van der Waals surface area contributed by atoms with E-state index in [1.807, 2.05) is 24.3 Å². The summed E-state index contributed by atoms with van der Waals surface area (Å²) in [6.07, 6.45) is 8.96. The maximum atomic E-state index is 11.2. The van der Waals surface area contributed by atoms with Crippen molar-refractivity contribution in [3.63, 3.8) is 0 Å². The molecule has 0 radical (unpaired) electrons. The Morgan fingerprint density at radius 1 is 1.12 bits per heavy atom. The molecule has 2 aliphatic heterocycles. The number of piperidine rings is 1. The van der Waals surface area contributed by atoms with Crippen molar-refractivity contribution in [2.75, 3.05) is 13.1 Å². The maximum Gasteiger partial charge on any atom is 0.306 e. The van der Waals surface area contributed by atoms with Crippen molar-refractivity contribution in [1.29, 1.82) is 0 Å². The molecule has 0 amide bonds. The molecule has 3 aliphatic rings. The van der Waals surface area contributed by atoms with Crippen LogP contribution in [0.5, 0.6) is 5.75 Å². The zero-order valence-corrected chi connectivity index (χ0v) is 21.3. The van der Waals surface area contributed by atoms with E-state index in [0.29, 0.717) is 16.5 Å². The number of halogens is 2. The molecule has 0 bridgehead atoms. The fourth-order valence-corrected chi connectivity index (χ4v) is 5.57. The van der Waals surface area contributed by atoms with E-state index in [0.717, 1.165) is 55.0 Å². The molecule has 4 nitrogen and oxygen atoms in total. The summed E-state index contributed by atoms with van der Waals surface area (Å²) in [6, 6.07) is 11.8. The molecule has 7 heteroatoms. The highest BCUT2D eigenvalue weighted by Crippen LogP contribution is 2.42. The normalized spacial score (nSPS) is 19.6. The van der Waals surface area contributed by atoms with Crippen LogP contribution < -0.4 is 4.74 Å². The van der Waals surface area contributed by atoms with Gasteiger partial charge in [0, 0.05) is 35.8 Å². The summed E-state index contributed by atoms with van der Waals surface area (Å²) in [6.45, 7) is 3.59. The van der Waals surface area contributed by atoms with Gasteiger partial charge >= 0.3 is 5.97 Å². The van der Waals surface area contributed by atoms with Gasteiger partial charge in [-0.2, -0.15) is 0 Å². The summed E-state index contributed by atoms with van der Waals surface area (Å²) < 4.78 is 8.89. The van der Waals surface area contributed by atoms with E-state index >= 15 is 0 Å². The first kappa shape index (κ1) is 24.7. The first-order valence-electron chi connectivity index (χ1n) is 11.8. The van der Waals surface area contributed by atoms with Gasteiger partial charge in [-0.1, -0.05) is 61.5 Å². The lowest BCUT2D eigenvalue weighted by molar-refractivity contribution is -0.141. The first-order valence-corrected chi connectivity index (χ1v) is 13.3. The molecule has 1 saturated carbocycles. The number of hydrogen-bond donors (Lipinski definition) is 1. The van der Waals surface area contributed by atoms with E-state index in [4.69, 9.17) is 27.9 Å². The number of aliphatic carboxylic acids is 1. The Kier molecular flexibility index (Phi) is 8.16. The number of carboxylic acids is 1. The molecule has 1 spiro atoms. The summed E-state index contributed by atoms with van der Waals surface area (Å²) in [4.78, 5) is 12.2. The molecule has 2 aromatic carbocycles. The van der Waals surface area contributed by atoms with E-state index in [2.05, 4.69) is 10.4 Å². The van der Waals surface area contributed by atoms with Crippen molar-refractivity contribution in [3.8, 4) is 5.75 Å². The molecule has 2 aromatic rings. The van der Waals surface area contributed by atoms with Crippen LogP contribution in [0.3, 0.4) is 0 Å². The molecular weight excluding hydrogens is 477 g/mol. The second kappa shape index (κ2) is 10.9. The summed E-state index contributed by atoms with van der Waals surface area (Å²) in [7, 11) is 0. The Balaban J connectivity index is 0.000000799. The highest BCUT2D eigenvalue weighted by atomic mass is 35.5. The fraction of sp³-hybridized carbons (Fsp3) is 0.500. The Labute approximate surface area is 210 Å². The third-order valence-corrected chi connectivity index (χ3v) is 8.22. The van der Waals surface area contributed by atoms with Crippen LogP contribution in [0.25, 0.3) is 0 Å². The molecule has 1 aliphatic carbocycles. The van der Waals surface area contributed by atoms with Gasteiger partial charge in [0.25, 0.3) is 0 Å². The lowest BCUT2D eigenvalue weighted by Crippen LogP contribution is -2.48. The Morgan fingerprint density at radius 3 is 2.48 bits per heavy atom. The number of carbonyl (C=O) groups is 1. The van der Waals surface area contributed by atoms with Crippen LogP contribution in [-0.2, 0) is 17.6 Å². The third kappa shape index (κ3) is 6.82. The number of hydrogen-bond acceptors (Lipinski definition) is 4. The topological polar surface area (TPSA) is 49.8 Å². The number of rotatable bonds is 5. The lowest BCUT2D eigenvalue weighted by Gasteiger charge is -2.44. The predicted octanol–water partition coefficient (Wildman–Crippen LogP) is 7.29. The fourth-order valence-electron chi connectivity index (χ4n) is 4.14. The van der Waals surface area contributed by atoms with E-state index in [9.17, 15) is 9.90 Å². The lowest BCUT2D eigenvalue weighted by atomic mass is 9.83. The first-order chi connectivity index (χ1) is 15.8. The summed E-state index contributed by atoms with van der Waals surface area (Å²) >= 11 is 14.0. The molecule has 1 unspecified atom stereocenters. The van der Waals surface area contributed by atoms with E-state index < -0.39 is 11.9 Å². The van der Waals surface area contributed by atoms with Gasteiger partial charge < -0.3 is 9.84 Å². The van der Waals surface area contributed by atoms with Crippen LogP contribution in [0.15, 0.2) is 41.3 Å². The molecule has 0 aromatic heterocycles. The van der Waals surface area contributed by atoms with Crippen molar-refractivity contribution in [3.05, 3.63) is 57.6 Å². The van der Waals surface area contributed by atoms with Gasteiger partial charge in [0.15, 0.2) is 0 Å². The second-order valence-corrected chi connectivity index (χ2v) is 11.3. The van der Waals surface area contributed by atoms with E-state index in [1.54, 1.807) is 24.9 Å². The molecular formula is C26H31Cl2NO3S. The van der Waals surface area contributed by atoms with Crippen LogP contribution in [-0.4, -0.2) is 34.1 Å². The Morgan fingerprint density at radius 2 is 1.85 bits per heavy atom. The minimum atomic E-state index is -0.768. The van der Waals surface area contributed by atoms with Crippen molar-refractivity contribution < 1.29 is 14.6 Å². The summed E-state index contributed by atoms with van der Waals surface area (Å²) in [5.41, 5.74) is 2.11. The van der Waals surface area contributed by atoms with Gasteiger partial charge in [-0.3, -0.25) is 4.79 Å². The zero-order valence-electron chi connectivity index (χ0n) is 19.0. The van der Waals surface area contributed by atoms with Gasteiger partial charge in [0.05, 0.1) is 10.9 Å². The predicted molar refractivity (Wildman–Crippen MR) is 136 cm³/mol. The average molecular weight is 509 g/mol. The number of fused-ring (bicyclic) bond motifs is 1. The maximum absolute atomic E-state index is 11.2. The van der Waals surface area contributed by atoms with Crippen molar-refractivity contribution in [1.82, 2.24) is 4.31 Å². The number of ether oxygens (including phenoxy) is 1. The summed E-state index contributed by atoms with van der Waals surface area (Å²) in [5, 5.41) is 10.5. The van der Waals surface area contributed by atoms with E-state index in [-0.39, 0.29) is 5.60 Å². The van der Waals surface area contributed by atoms with Crippen molar-refractivity contribution in [2.24, 2.45) is 5.92 Å². The van der Waals surface area contributed by atoms with Crippen LogP contribution in [0.4, 0.5) is 0 Å². The molecule has 1 atom stereocenters. The smallest absolute Gasteiger partial charge is 0.306 e. The van der Waals surface area contributed by atoms with Gasteiger partial charge in [-0.15, -0.1) is 0 Å². The second-order valence-electron chi connectivity index (χ2n) is 9.33. The van der Waals surface area contributed by atoms with Crippen LogP contribution in [0, 0.1) is 5.92 Å². The van der Waals surface area contributed by atoms with Gasteiger partial charge in [0.2, 0.25) is 0 Å². The van der Waals surface area contributed by atoms with Gasteiger partial charge in [-0.05, 0) is 66.6 Å². The monoisotopic (exact) mass is 507 g/mol. The summed E-state index contributed by atoms with van der Waals surface area (Å²) in [5.74, 6) is -0.241. The molecule has 2 heterocycles. The van der Waals surface area contributed by atoms with Crippen LogP contribution in [0.2, 0.25) is 10.0 Å². The molecule has 5 rings (SSSR count).